The molecule has 0 amide bonds. The summed E-state index contributed by atoms with van der Waals surface area (Å²) >= 11 is 0. The van der Waals surface area contributed by atoms with Gasteiger partial charge in [0.15, 0.2) is 5.78 Å². The first-order chi connectivity index (χ1) is 8.00. The van der Waals surface area contributed by atoms with E-state index in [0.29, 0.717) is 18.8 Å². The van der Waals surface area contributed by atoms with Gasteiger partial charge in [-0.05, 0) is 43.5 Å². The second-order valence-electron chi connectivity index (χ2n) is 5.01. The lowest BCUT2D eigenvalue weighted by Crippen LogP contribution is -2.52. The van der Waals surface area contributed by atoms with Crippen LogP contribution in [-0.2, 0) is 4.74 Å². The van der Waals surface area contributed by atoms with Crippen molar-refractivity contribution in [2.24, 2.45) is 5.41 Å². The second kappa shape index (κ2) is 4.24. The van der Waals surface area contributed by atoms with E-state index in [0.717, 1.165) is 11.1 Å². The molecule has 1 aliphatic rings. The molecule has 3 heteroatoms. The molecule has 1 heterocycles. The minimum absolute atomic E-state index is 0.00634. The summed E-state index contributed by atoms with van der Waals surface area (Å²) in [5.74, 6) is 0.00634. The van der Waals surface area contributed by atoms with Crippen molar-refractivity contribution in [3.63, 3.8) is 0 Å². The predicted molar refractivity (Wildman–Crippen MR) is 65.3 cm³/mol. The molecular formula is C14H18O3. The van der Waals surface area contributed by atoms with Gasteiger partial charge in [-0.2, -0.15) is 0 Å². The zero-order valence-corrected chi connectivity index (χ0v) is 10.5. The van der Waals surface area contributed by atoms with E-state index in [1.807, 2.05) is 32.9 Å². The molecule has 1 aromatic rings. The van der Waals surface area contributed by atoms with Crippen LogP contribution in [-0.4, -0.2) is 30.7 Å². The molecule has 0 bridgehead atoms. The number of benzene rings is 1. The summed E-state index contributed by atoms with van der Waals surface area (Å²) in [5, 5.41) is 9.38. The minimum Gasteiger partial charge on any atom is -0.395 e. The molecule has 92 valence electrons. The first-order valence-corrected chi connectivity index (χ1v) is 5.81. The summed E-state index contributed by atoms with van der Waals surface area (Å²) in [7, 11) is 0. The Labute approximate surface area is 101 Å². The zero-order valence-electron chi connectivity index (χ0n) is 10.5. The van der Waals surface area contributed by atoms with Gasteiger partial charge in [0, 0.05) is 5.56 Å². The third-order valence-corrected chi connectivity index (χ3v) is 3.63. The van der Waals surface area contributed by atoms with E-state index >= 15 is 0 Å². The molecule has 3 nitrogen and oxygen atoms in total. The monoisotopic (exact) mass is 234 g/mol. The van der Waals surface area contributed by atoms with Crippen molar-refractivity contribution in [1.29, 1.82) is 0 Å². The van der Waals surface area contributed by atoms with Crippen LogP contribution in [0.5, 0.6) is 0 Å². The number of rotatable bonds is 3. The van der Waals surface area contributed by atoms with Crippen LogP contribution in [0, 0.1) is 26.2 Å². The van der Waals surface area contributed by atoms with Crippen molar-refractivity contribution < 1.29 is 14.6 Å². The van der Waals surface area contributed by atoms with Crippen LogP contribution in [0.2, 0.25) is 0 Å². The highest BCUT2D eigenvalue weighted by molar-refractivity contribution is 6.02. The fourth-order valence-corrected chi connectivity index (χ4v) is 2.13. The number of aliphatic hydroxyl groups is 1. The van der Waals surface area contributed by atoms with Crippen molar-refractivity contribution in [1.82, 2.24) is 0 Å². The molecule has 0 atom stereocenters. The van der Waals surface area contributed by atoms with Crippen LogP contribution >= 0.6 is 0 Å². The quantitative estimate of drug-likeness (QED) is 0.811. The van der Waals surface area contributed by atoms with E-state index in [9.17, 15) is 9.90 Å². The molecule has 0 unspecified atom stereocenters. The van der Waals surface area contributed by atoms with Crippen LogP contribution in [0.1, 0.15) is 27.0 Å². The summed E-state index contributed by atoms with van der Waals surface area (Å²) < 4.78 is 5.08. The Morgan fingerprint density at radius 3 is 2.29 bits per heavy atom. The summed E-state index contributed by atoms with van der Waals surface area (Å²) in [6, 6.07) is 3.94. The van der Waals surface area contributed by atoms with E-state index in [2.05, 4.69) is 0 Å². The van der Waals surface area contributed by atoms with Crippen molar-refractivity contribution >= 4 is 5.78 Å². The largest absolute Gasteiger partial charge is 0.395 e. The fraction of sp³-hybridized carbons (Fsp3) is 0.500. The summed E-state index contributed by atoms with van der Waals surface area (Å²) in [6.45, 7) is 6.48. The predicted octanol–water partition coefficient (Wildman–Crippen LogP) is 1.80. The Balaban J connectivity index is 2.40. The Bertz CT molecular complexity index is 453. The Morgan fingerprint density at radius 1 is 1.24 bits per heavy atom. The van der Waals surface area contributed by atoms with E-state index in [1.54, 1.807) is 0 Å². The standard InChI is InChI=1S/C14H18O3/c1-9-4-11(3)12(5-10(9)2)13(16)14(6-15)7-17-8-14/h4-5,15H,6-8H2,1-3H3. The molecule has 17 heavy (non-hydrogen) atoms. The number of hydrogen-bond donors (Lipinski definition) is 1. The molecule has 1 aliphatic heterocycles. The van der Waals surface area contributed by atoms with Crippen LogP contribution < -0.4 is 0 Å². The lowest BCUT2D eigenvalue weighted by atomic mass is 9.77. The van der Waals surface area contributed by atoms with Gasteiger partial charge in [-0.3, -0.25) is 4.79 Å². The van der Waals surface area contributed by atoms with Crippen molar-refractivity contribution in [2.45, 2.75) is 20.8 Å². The molecule has 0 saturated carbocycles. The van der Waals surface area contributed by atoms with Gasteiger partial charge < -0.3 is 9.84 Å². The molecule has 0 aliphatic carbocycles. The second-order valence-corrected chi connectivity index (χ2v) is 5.01. The molecule has 1 fully saturated rings. The van der Waals surface area contributed by atoms with Gasteiger partial charge in [0.25, 0.3) is 0 Å². The van der Waals surface area contributed by atoms with Gasteiger partial charge >= 0.3 is 0 Å². The maximum Gasteiger partial charge on any atom is 0.176 e. The number of aliphatic hydroxyl groups excluding tert-OH is 1. The highest BCUT2D eigenvalue weighted by atomic mass is 16.5. The summed E-state index contributed by atoms with van der Waals surface area (Å²) in [6.07, 6.45) is 0. The number of ketones is 1. The van der Waals surface area contributed by atoms with Crippen LogP contribution in [0.15, 0.2) is 12.1 Å². The topological polar surface area (TPSA) is 46.5 Å². The Morgan fingerprint density at radius 2 is 1.82 bits per heavy atom. The first kappa shape index (κ1) is 12.3. The molecule has 1 saturated heterocycles. The van der Waals surface area contributed by atoms with Gasteiger partial charge in [-0.25, -0.2) is 0 Å². The maximum atomic E-state index is 12.4. The Kier molecular flexibility index (Phi) is 3.06. The molecule has 0 spiro atoms. The number of ether oxygens (including phenoxy) is 1. The zero-order chi connectivity index (χ0) is 12.6. The average molecular weight is 234 g/mol. The molecule has 1 N–H and O–H groups in total. The molecule has 1 aromatic carbocycles. The lowest BCUT2D eigenvalue weighted by molar-refractivity contribution is -0.109. The highest BCUT2D eigenvalue weighted by Crippen LogP contribution is 2.32. The van der Waals surface area contributed by atoms with Gasteiger partial charge in [-0.15, -0.1) is 0 Å². The maximum absolute atomic E-state index is 12.4. The third kappa shape index (κ3) is 1.90. The fourth-order valence-electron chi connectivity index (χ4n) is 2.13. The van der Waals surface area contributed by atoms with E-state index in [1.165, 1.54) is 5.56 Å². The van der Waals surface area contributed by atoms with Crippen molar-refractivity contribution in [3.8, 4) is 0 Å². The number of aryl methyl sites for hydroxylation is 3. The SMILES string of the molecule is Cc1cc(C)c(C(=O)C2(CO)COC2)cc1C. The van der Waals surface area contributed by atoms with Gasteiger partial charge in [0.05, 0.1) is 19.8 Å². The third-order valence-electron chi connectivity index (χ3n) is 3.63. The van der Waals surface area contributed by atoms with Crippen molar-refractivity contribution in [2.75, 3.05) is 19.8 Å². The van der Waals surface area contributed by atoms with Gasteiger partial charge in [0.2, 0.25) is 0 Å². The van der Waals surface area contributed by atoms with E-state index < -0.39 is 5.41 Å². The van der Waals surface area contributed by atoms with Crippen molar-refractivity contribution in [3.05, 3.63) is 34.4 Å². The summed E-state index contributed by atoms with van der Waals surface area (Å²) in [4.78, 5) is 12.4. The van der Waals surface area contributed by atoms with Crippen LogP contribution in [0.3, 0.4) is 0 Å². The van der Waals surface area contributed by atoms with Gasteiger partial charge in [0.1, 0.15) is 5.41 Å². The normalized spacial score (nSPS) is 17.6. The molecule has 0 radical (unpaired) electrons. The molecule has 2 rings (SSSR count). The molecule has 0 aromatic heterocycles. The highest BCUT2D eigenvalue weighted by Gasteiger charge is 2.46. The lowest BCUT2D eigenvalue weighted by Gasteiger charge is -2.38. The minimum atomic E-state index is -0.702. The number of hydrogen-bond acceptors (Lipinski definition) is 3. The van der Waals surface area contributed by atoms with E-state index in [4.69, 9.17) is 4.74 Å². The summed E-state index contributed by atoms with van der Waals surface area (Å²) in [5.41, 5.74) is 3.27. The average Bonchev–Trinajstić information content (AvgIpc) is 2.22. The number of Topliss-reactive ketones (excluding diaryl/α,β-unsaturated/α-hetero) is 1. The van der Waals surface area contributed by atoms with Crippen LogP contribution in [0.4, 0.5) is 0 Å². The van der Waals surface area contributed by atoms with Gasteiger partial charge in [-0.1, -0.05) is 6.07 Å². The smallest absolute Gasteiger partial charge is 0.176 e. The number of carbonyl (C=O) groups is 1. The van der Waals surface area contributed by atoms with E-state index in [-0.39, 0.29) is 12.4 Å². The number of carbonyl (C=O) groups excluding carboxylic acids is 1. The first-order valence-electron chi connectivity index (χ1n) is 5.81. The Hall–Kier alpha value is -1.19. The van der Waals surface area contributed by atoms with Crippen LogP contribution in [0.25, 0.3) is 0 Å². The molecular weight excluding hydrogens is 216 g/mol.